The zero-order valence-electron chi connectivity index (χ0n) is 14.6. The molecule has 0 saturated heterocycles. The Kier molecular flexibility index (Phi) is 6.44. The maximum absolute atomic E-state index is 14.1. The van der Waals surface area contributed by atoms with Gasteiger partial charge in [-0.15, -0.1) is 0 Å². The quantitative estimate of drug-likeness (QED) is 0.658. The summed E-state index contributed by atoms with van der Waals surface area (Å²) in [5.41, 5.74) is -0.851. The Labute approximate surface area is 172 Å². The van der Waals surface area contributed by atoms with Gasteiger partial charge in [-0.2, -0.15) is 0 Å². The van der Waals surface area contributed by atoms with Crippen molar-refractivity contribution in [1.82, 2.24) is 0 Å². The molecule has 0 spiro atoms. The molecule has 3 rings (SSSR count). The van der Waals surface area contributed by atoms with Gasteiger partial charge in [-0.25, -0.2) is 4.39 Å². The summed E-state index contributed by atoms with van der Waals surface area (Å²) in [6, 6.07) is 12.6. The number of nitrogens with one attached hydrogen (secondary N) is 1. The Morgan fingerprint density at radius 2 is 1.96 bits per heavy atom. The van der Waals surface area contributed by atoms with Gasteiger partial charge >= 0.3 is 29.6 Å². The molecule has 1 fully saturated rings. The maximum atomic E-state index is 14.1. The third kappa shape index (κ3) is 3.77. The molecule has 2 aromatic rings. The summed E-state index contributed by atoms with van der Waals surface area (Å²) in [6.07, 6.45) is 0.129. The molecular formula is C19H17FNNaO4. The number of carbonyl (C=O) groups excluding carboxylic acids is 2. The summed E-state index contributed by atoms with van der Waals surface area (Å²) >= 11 is 0. The van der Waals surface area contributed by atoms with E-state index < -0.39 is 29.0 Å². The molecule has 1 saturated carbocycles. The minimum atomic E-state index is -1.35. The monoisotopic (exact) mass is 365 g/mol. The van der Waals surface area contributed by atoms with Gasteiger partial charge in [0, 0.05) is 11.5 Å². The van der Waals surface area contributed by atoms with Gasteiger partial charge in [0.1, 0.15) is 11.6 Å². The van der Waals surface area contributed by atoms with Crippen molar-refractivity contribution < 1.29 is 53.4 Å². The Morgan fingerprint density at radius 1 is 1.27 bits per heavy atom. The van der Waals surface area contributed by atoms with Crippen molar-refractivity contribution in [3.63, 3.8) is 0 Å². The van der Waals surface area contributed by atoms with Crippen molar-refractivity contribution in [2.24, 2.45) is 5.92 Å². The number of halogens is 1. The van der Waals surface area contributed by atoms with Gasteiger partial charge in [0.05, 0.1) is 24.2 Å². The SMILES string of the molecule is CCOc1ccc(NC(=O)[C@@H]2C[C@@]2(C(=O)[O-])c2ccccc2)c(F)c1.[Na+]. The number of benzene rings is 2. The summed E-state index contributed by atoms with van der Waals surface area (Å²) in [4.78, 5) is 24.1. The van der Waals surface area contributed by atoms with Gasteiger partial charge in [0.25, 0.3) is 0 Å². The molecule has 1 N–H and O–H groups in total. The summed E-state index contributed by atoms with van der Waals surface area (Å²) in [7, 11) is 0. The van der Waals surface area contributed by atoms with E-state index in [9.17, 15) is 19.1 Å². The van der Waals surface area contributed by atoms with E-state index in [1.165, 1.54) is 18.2 Å². The van der Waals surface area contributed by atoms with Crippen LogP contribution in [0.1, 0.15) is 18.9 Å². The van der Waals surface area contributed by atoms with Gasteiger partial charge in [0.2, 0.25) is 5.91 Å². The van der Waals surface area contributed by atoms with E-state index in [1.54, 1.807) is 37.3 Å². The minimum absolute atomic E-state index is 0. The van der Waals surface area contributed by atoms with Crippen LogP contribution in [-0.4, -0.2) is 18.5 Å². The summed E-state index contributed by atoms with van der Waals surface area (Å²) < 4.78 is 19.3. The fourth-order valence-electron chi connectivity index (χ4n) is 3.05. The average Bonchev–Trinajstić information content (AvgIpc) is 3.36. The smallest absolute Gasteiger partial charge is 0.549 e. The molecule has 0 aliphatic heterocycles. The molecule has 0 bridgehead atoms. The van der Waals surface area contributed by atoms with Crippen molar-refractivity contribution >= 4 is 17.6 Å². The van der Waals surface area contributed by atoms with Crippen LogP contribution in [0.15, 0.2) is 48.5 Å². The van der Waals surface area contributed by atoms with Crippen LogP contribution < -0.4 is 44.7 Å². The van der Waals surface area contributed by atoms with Crippen LogP contribution in [0.2, 0.25) is 0 Å². The van der Waals surface area contributed by atoms with Crippen LogP contribution in [0.5, 0.6) is 5.75 Å². The third-order valence-electron chi connectivity index (χ3n) is 4.44. The molecule has 0 heterocycles. The molecule has 1 aliphatic rings. The van der Waals surface area contributed by atoms with Crippen LogP contribution >= 0.6 is 0 Å². The molecule has 26 heavy (non-hydrogen) atoms. The predicted octanol–water partition coefficient (Wildman–Crippen LogP) is -1.13. The van der Waals surface area contributed by atoms with E-state index in [-0.39, 0.29) is 41.7 Å². The van der Waals surface area contributed by atoms with Crippen LogP contribution in [0, 0.1) is 11.7 Å². The van der Waals surface area contributed by atoms with Gasteiger partial charge in [-0.1, -0.05) is 30.3 Å². The van der Waals surface area contributed by atoms with Gasteiger partial charge in [-0.05, 0) is 31.0 Å². The van der Waals surface area contributed by atoms with Crippen LogP contribution in [0.4, 0.5) is 10.1 Å². The van der Waals surface area contributed by atoms with E-state index in [2.05, 4.69) is 5.32 Å². The number of carboxylic acid groups (broad SMARTS) is 1. The Balaban J connectivity index is 0.00000243. The van der Waals surface area contributed by atoms with Crippen LogP contribution in [0.3, 0.4) is 0 Å². The topological polar surface area (TPSA) is 78.5 Å². The number of hydrogen-bond donors (Lipinski definition) is 1. The van der Waals surface area contributed by atoms with Gasteiger partial charge < -0.3 is 20.0 Å². The first kappa shape index (κ1) is 20.4. The Morgan fingerprint density at radius 3 is 2.54 bits per heavy atom. The first-order valence-electron chi connectivity index (χ1n) is 7.99. The second-order valence-corrected chi connectivity index (χ2v) is 5.95. The zero-order valence-corrected chi connectivity index (χ0v) is 16.6. The fourth-order valence-corrected chi connectivity index (χ4v) is 3.05. The summed E-state index contributed by atoms with van der Waals surface area (Å²) in [5.74, 6) is -2.93. The third-order valence-corrected chi connectivity index (χ3v) is 4.44. The first-order chi connectivity index (χ1) is 12.0. The molecule has 7 heteroatoms. The number of rotatable bonds is 6. The normalized spacial score (nSPS) is 20.6. The molecule has 0 radical (unpaired) electrons. The maximum Gasteiger partial charge on any atom is 1.00 e. The number of amides is 1. The number of carboxylic acids is 1. The molecule has 0 aromatic heterocycles. The van der Waals surface area contributed by atoms with Gasteiger partial charge in [-0.3, -0.25) is 4.79 Å². The first-order valence-corrected chi connectivity index (χ1v) is 7.99. The number of hydrogen-bond acceptors (Lipinski definition) is 4. The van der Waals surface area contributed by atoms with E-state index >= 15 is 0 Å². The largest absolute Gasteiger partial charge is 1.00 e. The number of anilines is 1. The molecule has 1 aliphatic carbocycles. The van der Waals surface area contributed by atoms with Crippen molar-refractivity contribution in [2.75, 3.05) is 11.9 Å². The molecule has 2 atom stereocenters. The second-order valence-electron chi connectivity index (χ2n) is 5.95. The minimum Gasteiger partial charge on any atom is -0.549 e. The van der Waals surface area contributed by atoms with E-state index in [4.69, 9.17) is 4.74 Å². The average molecular weight is 365 g/mol. The molecule has 130 valence electrons. The predicted molar refractivity (Wildman–Crippen MR) is 87.4 cm³/mol. The zero-order chi connectivity index (χ0) is 18.0. The van der Waals surface area contributed by atoms with E-state index in [0.717, 1.165) is 0 Å². The van der Waals surface area contributed by atoms with Crippen molar-refractivity contribution in [3.8, 4) is 5.75 Å². The van der Waals surface area contributed by atoms with Crippen molar-refractivity contribution in [1.29, 1.82) is 0 Å². The van der Waals surface area contributed by atoms with Crippen molar-refractivity contribution in [2.45, 2.75) is 18.8 Å². The number of carbonyl (C=O) groups is 2. The summed E-state index contributed by atoms with van der Waals surface area (Å²) in [6.45, 7) is 2.18. The standard InChI is InChI=1S/C19H18FNO4.Na/c1-2-25-13-8-9-16(15(20)10-13)21-17(22)14-11-19(14,18(23)24)12-6-4-3-5-7-12;/h3-10,14H,2,11H2,1H3,(H,21,22)(H,23,24);/q;+1/p-1/t14-,19+;/m0./s1. The molecule has 5 nitrogen and oxygen atoms in total. The van der Waals surface area contributed by atoms with Crippen LogP contribution in [0.25, 0.3) is 0 Å². The Bertz CT molecular complexity index is 814. The van der Waals surface area contributed by atoms with Crippen LogP contribution in [-0.2, 0) is 15.0 Å². The Hall–Kier alpha value is -1.89. The molecule has 2 aromatic carbocycles. The van der Waals surface area contributed by atoms with Gasteiger partial charge in [0.15, 0.2) is 0 Å². The second kappa shape index (κ2) is 8.20. The van der Waals surface area contributed by atoms with Crippen molar-refractivity contribution in [3.05, 3.63) is 59.9 Å². The van der Waals surface area contributed by atoms with E-state index in [0.29, 0.717) is 17.9 Å². The number of ether oxygens (including phenoxy) is 1. The molecule has 0 unspecified atom stereocenters. The molecule has 1 amide bonds. The van der Waals surface area contributed by atoms with E-state index in [1.807, 2.05) is 0 Å². The fraction of sp³-hybridized carbons (Fsp3) is 0.263. The number of aliphatic carboxylic acids is 1. The summed E-state index contributed by atoms with van der Waals surface area (Å²) in [5, 5.41) is 14.1. The molecular weight excluding hydrogens is 348 g/mol.